The topological polar surface area (TPSA) is 29.1 Å². The zero-order valence-electron chi connectivity index (χ0n) is 10.1. The fourth-order valence-electron chi connectivity index (χ4n) is 2.23. The number of carbonyl (C=O) groups is 1. The predicted molar refractivity (Wildman–Crippen MR) is 78.1 cm³/mol. The SMILES string of the molecule is CCCC1(CNC(=O)c2ccccc2I)CC1. The molecular formula is C14H18INO. The molecule has 17 heavy (non-hydrogen) atoms. The maximum atomic E-state index is 12.0. The van der Waals surface area contributed by atoms with Crippen LogP contribution in [0.4, 0.5) is 0 Å². The van der Waals surface area contributed by atoms with Gasteiger partial charge in [-0.1, -0.05) is 25.5 Å². The van der Waals surface area contributed by atoms with Crippen molar-refractivity contribution in [3.05, 3.63) is 33.4 Å². The van der Waals surface area contributed by atoms with Crippen molar-refractivity contribution >= 4 is 28.5 Å². The van der Waals surface area contributed by atoms with E-state index in [1.165, 1.54) is 25.7 Å². The molecule has 2 rings (SSSR count). The Morgan fingerprint density at radius 3 is 2.71 bits per heavy atom. The maximum absolute atomic E-state index is 12.0. The first-order valence-corrected chi connectivity index (χ1v) is 7.27. The van der Waals surface area contributed by atoms with Crippen molar-refractivity contribution < 1.29 is 4.79 Å². The monoisotopic (exact) mass is 343 g/mol. The molecule has 0 atom stereocenters. The lowest BCUT2D eigenvalue weighted by atomic mass is 10.0. The largest absolute Gasteiger partial charge is 0.351 e. The van der Waals surface area contributed by atoms with E-state index in [4.69, 9.17) is 0 Å². The molecule has 2 nitrogen and oxygen atoms in total. The Morgan fingerprint density at radius 2 is 2.12 bits per heavy atom. The van der Waals surface area contributed by atoms with Gasteiger partial charge in [0.2, 0.25) is 0 Å². The molecule has 0 saturated heterocycles. The molecule has 0 bridgehead atoms. The van der Waals surface area contributed by atoms with Crippen molar-refractivity contribution in [2.45, 2.75) is 32.6 Å². The molecule has 1 aliphatic rings. The number of rotatable bonds is 5. The highest BCUT2D eigenvalue weighted by Crippen LogP contribution is 2.48. The number of benzene rings is 1. The first-order chi connectivity index (χ1) is 8.17. The number of halogens is 1. The van der Waals surface area contributed by atoms with Crippen LogP contribution in [0.1, 0.15) is 43.0 Å². The first-order valence-electron chi connectivity index (χ1n) is 6.20. The minimum atomic E-state index is 0.0670. The standard InChI is InChI=1S/C14H18INO/c1-2-7-14(8-9-14)10-16-13(17)11-5-3-4-6-12(11)15/h3-6H,2,7-10H2,1H3,(H,16,17). The molecule has 0 aromatic heterocycles. The van der Waals surface area contributed by atoms with E-state index in [1.54, 1.807) is 0 Å². The van der Waals surface area contributed by atoms with Crippen LogP contribution in [0.5, 0.6) is 0 Å². The maximum Gasteiger partial charge on any atom is 0.252 e. The van der Waals surface area contributed by atoms with Crippen LogP contribution in [0.25, 0.3) is 0 Å². The Hall–Kier alpha value is -0.580. The molecule has 0 aliphatic heterocycles. The van der Waals surface area contributed by atoms with Gasteiger partial charge in [-0.3, -0.25) is 4.79 Å². The molecular weight excluding hydrogens is 325 g/mol. The van der Waals surface area contributed by atoms with Gasteiger partial charge in [0.1, 0.15) is 0 Å². The van der Waals surface area contributed by atoms with Crippen LogP contribution in [0.2, 0.25) is 0 Å². The molecule has 1 saturated carbocycles. The number of amides is 1. The zero-order valence-corrected chi connectivity index (χ0v) is 12.3. The fraction of sp³-hybridized carbons (Fsp3) is 0.500. The molecule has 0 spiro atoms. The van der Waals surface area contributed by atoms with E-state index in [0.717, 1.165) is 15.7 Å². The van der Waals surface area contributed by atoms with Crippen molar-refractivity contribution in [3.8, 4) is 0 Å². The van der Waals surface area contributed by atoms with E-state index in [1.807, 2.05) is 24.3 Å². The van der Waals surface area contributed by atoms with E-state index in [-0.39, 0.29) is 5.91 Å². The molecule has 1 aliphatic carbocycles. The van der Waals surface area contributed by atoms with Crippen LogP contribution < -0.4 is 5.32 Å². The molecule has 1 aromatic carbocycles. The van der Waals surface area contributed by atoms with Crippen molar-refractivity contribution in [2.24, 2.45) is 5.41 Å². The van der Waals surface area contributed by atoms with Gasteiger partial charge in [-0.25, -0.2) is 0 Å². The van der Waals surface area contributed by atoms with Gasteiger partial charge in [0.05, 0.1) is 5.56 Å². The highest BCUT2D eigenvalue weighted by atomic mass is 127. The van der Waals surface area contributed by atoms with Gasteiger partial charge in [-0.15, -0.1) is 0 Å². The lowest BCUT2D eigenvalue weighted by Crippen LogP contribution is -2.30. The Morgan fingerprint density at radius 1 is 1.41 bits per heavy atom. The number of hydrogen-bond acceptors (Lipinski definition) is 1. The molecule has 1 fully saturated rings. The molecule has 0 unspecified atom stereocenters. The summed E-state index contributed by atoms with van der Waals surface area (Å²) < 4.78 is 1.02. The molecule has 0 radical (unpaired) electrons. The summed E-state index contributed by atoms with van der Waals surface area (Å²) in [7, 11) is 0. The third kappa shape index (κ3) is 3.21. The third-order valence-corrected chi connectivity index (χ3v) is 4.42. The highest BCUT2D eigenvalue weighted by molar-refractivity contribution is 14.1. The lowest BCUT2D eigenvalue weighted by molar-refractivity contribution is 0.0943. The Balaban J connectivity index is 1.92. The van der Waals surface area contributed by atoms with Crippen LogP contribution in [0.15, 0.2) is 24.3 Å². The summed E-state index contributed by atoms with van der Waals surface area (Å²) in [4.78, 5) is 12.0. The highest BCUT2D eigenvalue weighted by Gasteiger charge is 2.41. The lowest BCUT2D eigenvalue weighted by Gasteiger charge is -2.15. The first kappa shape index (κ1) is 12.9. The second-order valence-corrected chi connectivity index (χ2v) is 6.07. The van der Waals surface area contributed by atoms with Crippen molar-refractivity contribution in [1.82, 2.24) is 5.32 Å². The van der Waals surface area contributed by atoms with E-state index >= 15 is 0 Å². The number of nitrogens with one attached hydrogen (secondary N) is 1. The van der Waals surface area contributed by atoms with Gasteiger partial charge in [0.15, 0.2) is 0 Å². The van der Waals surface area contributed by atoms with Gasteiger partial charge in [0, 0.05) is 10.1 Å². The molecule has 1 amide bonds. The molecule has 92 valence electrons. The minimum absolute atomic E-state index is 0.0670. The molecule has 0 heterocycles. The average molecular weight is 343 g/mol. The van der Waals surface area contributed by atoms with Crippen LogP contribution >= 0.6 is 22.6 Å². The zero-order chi connectivity index (χ0) is 12.3. The Labute approximate surface area is 116 Å². The fourth-order valence-corrected chi connectivity index (χ4v) is 2.86. The summed E-state index contributed by atoms with van der Waals surface area (Å²) in [6.45, 7) is 3.05. The van der Waals surface area contributed by atoms with Gasteiger partial charge >= 0.3 is 0 Å². The van der Waals surface area contributed by atoms with Gasteiger partial charge in [-0.05, 0) is 59.4 Å². The summed E-state index contributed by atoms with van der Waals surface area (Å²) in [5.74, 6) is 0.0670. The summed E-state index contributed by atoms with van der Waals surface area (Å²) >= 11 is 2.21. The molecule has 1 N–H and O–H groups in total. The second-order valence-electron chi connectivity index (χ2n) is 4.91. The average Bonchev–Trinajstić information content (AvgIpc) is 3.08. The molecule has 3 heteroatoms. The normalized spacial score (nSPS) is 16.6. The van der Waals surface area contributed by atoms with Crippen LogP contribution in [0.3, 0.4) is 0 Å². The smallest absolute Gasteiger partial charge is 0.252 e. The predicted octanol–water partition coefficient (Wildman–Crippen LogP) is 3.60. The van der Waals surface area contributed by atoms with Crippen molar-refractivity contribution in [3.63, 3.8) is 0 Å². The van der Waals surface area contributed by atoms with Crippen molar-refractivity contribution in [1.29, 1.82) is 0 Å². The van der Waals surface area contributed by atoms with Gasteiger partial charge < -0.3 is 5.32 Å². The minimum Gasteiger partial charge on any atom is -0.351 e. The van der Waals surface area contributed by atoms with Gasteiger partial charge in [0.25, 0.3) is 5.91 Å². The van der Waals surface area contributed by atoms with Crippen LogP contribution in [0, 0.1) is 8.99 Å². The third-order valence-electron chi connectivity index (χ3n) is 3.48. The van der Waals surface area contributed by atoms with Crippen LogP contribution in [-0.2, 0) is 0 Å². The number of carbonyl (C=O) groups excluding carboxylic acids is 1. The van der Waals surface area contributed by atoms with E-state index < -0.39 is 0 Å². The molecule has 1 aromatic rings. The number of hydrogen-bond donors (Lipinski definition) is 1. The van der Waals surface area contributed by atoms with Crippen LogP contribution in [-0.4, -0.2) is 12.5 Å². The van der Waals surface area contributed by atoms with E-state index in [2.05, 4.69) is 34.8 Å². The summed E-state index contributed by atoms with van der Waals surface area (Å²) in [5.41, 5.74) is 1.21. The Bertz CT molecular complexity index is 412. The summed E-state index contributed by atoms with van der Waals surface area (Å²) in [5, 5.41) is 3.08. The summed E-state index contributed by atoms with van der Waals surface area (Å²) in [6.07, 6.45) is 4.98. The Kier molecular flexibility index (Phi) is 4.07. The quantitative estimate of drug-likeness (QED) is 0.814. The van der Waals surface area contributed by atoms with Crippen molar-refractivity contribution in [2.75, 3.05) is 6.54 Å². The second kappa shape index (κ2) is 5.38. The van der Waals surface area contributed by atoms with E-state index in [0.29, 0.717) is 5.41 Å². The van der Waals surface area contributed by atoms with Gasteiger partial charge in [-0.2, -0.15) is 0 Å². The van der Waals surface area contributed by atoms with E-state index in [9.17, 15) is 4.79 Å². The summed E-state index contributed by atoms with van der Waals surface area (Å²) in [6, 6.07) is 7.72.